The molecule has 1 saturated heterocycles. The van der Waals surface area contributed by atoms with Gasteiger partial charge in [0.05, 0.1) is 17.8 Å². The number of ether oxygens (including phenoxy) is 1. The molecule has 0 radical (unpaired) electrons. The highest BCUT2D eigenvalue weighted by atomic mass is 35.5. The van der Waals surface area contributed by atoms with E-state index in [4.69, 9.17) is 16.3 Å². The Labute approximate surface area is 159 Å². The summed E-state index contributed by atoms with van der Waals surface area (Å²) in [6.07, 6.45) is 6.95. The van der Waals surface area contributed by atoms with Crippen molar-refractivity contribution in [3.05, 3.63) is 59.1 Å². The number of nitrogens with zero attached hydrogens (tertiary/aromatic N) is 1. The first-order valence-corrected chi connectivity index (χ1v) is 9.21. The summed E-state index contributed by atoms with van der Waals surface area (Å²) in [6, 6.07) is 13.2. The lowest BCUT2D eigenvalue weighted by molar-refractivity contribution is -0.111. The van der Waals surface area contributed by atoms with Crippen molar-refractivity contribution in [1.29, 1.82) is 0 Å². The fourth-order valence-corrected chi connectivity index (χ4v) is 3.35. The van der Waals surface area contributed by atoms with Crippen LogP contribution in [0.4, 0.5) is 11.4 Å². The van der Waals surface area contributed by atoms with Gasteiger partial charge in [-0.25, -0.2) is 0 Å². The Bertz CT molecular complexity index is 781. The molecule has 0 aliphatic carbocycles. The summed E-state index contributed by atoms with van der Waals surface area (Å²) >= 11 is 6.42. The van der Waals surface area contributed by atoms with Crippen LogP contribution in [0.3, 0.4) is 0 Å². The fourth-order valence-electron chi connectivity index (χ4n) is 3.05. The van der Waals surface area contributed by atoms with Gasteiger partial charge < -0.3 is 15.0 Å². The molecule has 5 heteroatoms. The first-order valence-electron chi connectivity index (χ1n) is 8.83. The van der Waals surface area contributed by atoms with Crippen molar-refractivity contribution in [3.63, 3.8) is 0 Å². The van der Waals surface area contributed by atoms with Gasteiger partial charge in [0.2, 0.25) is 5.91 Å². The molecule has 1 fully saturated rings. The van der Waals surface area contributed by atoms with E-state index in [1.54, 1.807) is 13.2 Å². The zero-order valence-electron chi connectivity index (χ0n) is 14.9. The SMILES string of the molecule is COc1ccc(C=CC(=O)Nc2ccc(N3CCCCC3)c(Cl)c2)cc1. The Balaban J connectivity index is 1.61. The van der Waals surface area contributed by atoms with Gasteiger partial charge in [0.1, 0.15) is 5.75 Å². The van der Waals surface area contributed by atoms with Crippen molar-refractivity contribution in [2.24, 2.45) is 0 Å². The van der Waals surface area contributed by atoms with Gasteiger partial charge >= 0.3 is 0 Å². The highest BCUT2D eigenvalue weighted by Crippen LogP contribution is 2.30. The predicted octanol–water partition coefficient (Wildman–Crippen LogP) is 4.99. The molecule has 0 atom stereocenters. The van der Waals surface area contributed by atoms with Crippen LogP contribution >= 0.6 is 11.6 Å². The standard InChI is InChI=1S/C21H23ClN2O2/c1-26-18-9-5-16(6-10-18)7-12-21(25)23-17-8-11-20(19(22)15-17)24-13-3-2-4-14-24/h5-12,15H,2-4,13-14H2,1H3,(H,23,25). The summed E-state index contributed by atoms with van der Waals surface area (Å²) in [6.45, 7) is 2.08. The number of methoxy groups -OCH3 is 1. The summed E-state index contributed by atoms with van der Waals surface area (Å²) < 4.78 is 5.12. The normalized spacial score (nSPS) is 14.5. The van der Waals surface area contributed by atoms with Crippen molar-refractivity contribution in [2.75, 3.05) is 30.4 Å². The lowest BCUT2D eigenvalue weighted by Crippen LogP contribution is -2.29. The van der Waals surface area contributed by atoms with E-state index in [0.29, 0.717) is 10.7 Å². The molecule has 1 amide bonds. The van der Waals surface area contributed by atoms with Crippen LogP contribution in [0.5, 0.6) is 5.75 Å². The number of carbonyl (C=O) groups excluding carboxylic acids is 1. The van der Waals surface area contributed by atoms with Gasteiger partial charge in [0.25, 0.3) is 0 Å². The molecule has 0 saturated carbocycles. The molecule has 1 aliphatic rings. The van der Waals surface area contributed by atoms with Crippen LogP contribution in [0.1, 0.15) is 24.8 Å². The minimum absolute atomic E-state index is 0.192. The summed E-state index contributed by atoms with van der Waals surface area (Å²) in [5.74, 6) is 0.595. The van der Waals surface area contributed by atoms with Crippen molar-refractivity contribution in [3.8, 4) is 5.75 Å². The molecular formula is C21H23ClN2O2. The van der Waals surface area contributed by atoms with Gasteiger partial charge in [-0.05, 0) is 61.2 Å². The first-order chi connectivity index (χ1) is 12.7. The molecule has 1 heterocycles. The van der Waals surface area contributed by atoms with Crippen LogP contribution < -0.4 is 15.0 Å². The number of anilines is 2. The van der Waals surface area contributed by atoms with Crippen LogP contribution in [0.2, 0.25) is 5.02 Å². The van der Waals surface area contributed by atoms with E-state index in [-0.39, 0.29) is 5.91 Å². The van der Waals surface area contributed by atoms with E-state index in [1.165, 1.54) is 25.3 Å². The third-order valence-corrected chi connectivity index (χ3v) is 4.76. The molecule has 4 nitrogen and oxygen atoms in total. The molecule has 136 valence electrons. The summed E-state index contributed by atoms with van der Waals surface area (Å²) in [5, 5.41) is 3.52. The number of halogens is 1. The average Bonchev–Trinajstić information content (AvgIpc) is 2.67. The van der Waals surface area contributed by atoms with E-state index >= 15 is 0 Å². The summed E-state index contributed by atoms with van der Waals surface area (Å²) in [4.78, 5) is 14.4. The second-order valence-corrected chi connectivity index (χ2v) is 6.72. The van der Waals surface area contributed by atoms with Crippen LogP contribution in [0, 0.1) is 0 Å². The van der Waals surface area contributed by atoms with Gasteiger partial charge in [0.15, 0.2) is 0 Å². The summed E-state index contributed by atoms with van der Waals surface area (Å²) in [5.41, 5.74) is 2.66. The fraction of sp³-hybridized carbons (Fsp3) is 0.286. The third kappa shape index (κ3) is 4.79. The maximum Gasteiger partial charge on any atom is 0.248 e. The van der Waals surface area contributed by atoms with Crippen molar-refractivity contribution in [2.45, 2.75) is 19.3 Å². The Morgan fingerprint density at radius 2 is 1.85 bits per heavy atom. The molecular weight excluding hydrogens is 348 g/mol. The Kier molecular flexibility index (Phi) is 6.18. The van der Waals surface area contributed by atoms with Crippen LogP contribution in [-0.2, 0) is 4.79 Å². The molecule has 1 N–H and O–H groups in total. The van der Waals surface area contributed by atoms with Gasteiger partial charge in [-0.3, -0.25) is 4.79 Å². The lowest BCUT2D eigenvalue weighted by Gasteiger charge is -2.29. The van der Waals surface area contributed by atoms with E-state index < -0.39 is 0 Å². The Morgan fingerprint density at radius 1 is 1.12 bits per heavy atom. The van der Waals surface area contributed by atoms with Gasteiger partial charge in [-0.2, -0.15) is 0 Å². The van der Waals surface area contributed by atoms with Crippen molar-refractivity contribution >= 4 is 35.0 Å². The van der Waals surface area contributed by atoms with Gasteiger partial charge in [-0.1, -0.05) is 23.7 Å². The molecule has 2 aromatic rings. The van der Waals surface area contributed by atoms with Crippen LogP contribution in [-0.4, -0.2) is 26.1 Å². The Morgan fingerprint density at radius 3 is 2.50 bits per heavy atom. The predicted molar refractivity (Wildman–Crippen MR) is 108 cm³/mol. The number of hydrogen-bond donors (Lipinski definition) is 1. The quantitative estimate of drug-likeness (QED) is 0.754. The lowest BCUT2D eigenvalue weighted by atomic mass is 10.1. The monoisotopic (exact) mass is 370 g/mol. The zero-order chi connectivity index (χ0) is 18.4. The van der Waals surface area contributed by atoms with Crippen LogP contribution in [0.25, 0.3) is 6.08 Å². The minimum Gasteiger partial charge on any atom is -0.497 e. The highest BCUT2D eigenvalue weighted by molar-refractivity contribution is 6.33. The largest absolute Gasteiger partial charge is 0.497 e. The van der Waals surface area contributed by atoms with E-state index in [9.17, 15) is 4.79 Å². The highest BCUT2D eigenvalue weighted by Gasteiger charge is 2.14. The average molecular weight is 371 g/mol. The number of hydrogen-bond acceptors (Lipinski definition) is 3. The summed E-state index contributed by atoms with van der Waals surface area (Å²) in [7, 11) is 1.62. The second kappa shape index (κ2) is 8.77. The molecule has 3 rings (SSSR count). The minimum atomic E-state index is -0.192. The number of carbonyl (C=O) groups is 1. The maximum atomic E-state index is 12.1. The molecule has 0 unspecified atom stereocenters. The van der Waals surface area contributed by atoms with E-state index in [2.05, 4.69) is 10.2 Å². The second-order valence-electron chi connectivity index (χ2n) is 6.31. The number of benzene rings is 2. The van der Waals surface area contributed by atoms with Gasteiger partial charge in [0, 0.05) is 24.9 Å². The van der Waals surface area contributed by atoms with Crippen molar-refractivity contribution in [1.82, 2.24) is 0 Å². The van der Waals surface area contributed by atoms with E-state index in [0.717, 1.165) is 30.1 Å². The number of amides is 1. The maximum absolute atomic E-state index is 12.1. The number of piperidine rings is 1. The Hall–Kier alpha value is -2.46. The molecule has 1 aliphatic heterocycles. The molecule has 0 spiro atoms. The third-order valence-electron chi connectivity index (χ3n) is 4.45. The first kappa shape index (κ1) is 18.3. The van der Waals surface area contributed by atoms with Crippen LogP contribution in [0.15, 0.2) is 48.5 Å². The molecule has 26 heavy (non-hydrogen) atoms. The number of rotatable bonds is 5. The molecule has 0 bridgehead atoms. The van der Waals surface area contributed by atoms with E-state index in [1.807, 2.05) is 42.5 Å². The molecule has 2 aromatic carbocycles. The molecule has 0 aromatic heterocycles. The van der Waals surface area contributed by atoms with Crippen molar-refractivity contribution < 1.29 is 9.53 Å². The topological polar surface area (TPSA) is 41.6 Å². The van der Waals surface area contributed by atoms with Gasteiger partial charge in [-0.15, -0.1) is 0 Å². The smallest absolute Gasteiger partial charge is 0.248 e. The number of nitrogens with one attached hydrogen (secondary N) is 1. The zero-order valence-corrected chi connectivity index (χ0v) is 15.6.